The van der Waals surface area contributed by atoms with E-state index < -0.39 is 16.0 Å². The van der Waals surface area contributed by atoms with Crippen LogP contribution in [0.1, 0.15) is 25.3 Å². The lowest BCUT2D eigenvalue weighted by molar-refractivity contribution is -0.137. The van der Waals surface area contributed by atoms with Crippen LogP contribution in [-0.4, -0.2) is 25.5 Å². The number of carboxylic acid groups (broad SMARTS) is 1. The third-order valence-electron chi connectivity index (χ3n) is 2.53. The number of rotatable bonds is 7. The normalized spacial score (nSPS) is 12.9. The van der Waals surface area contributed by atoms with Gasteiger partial charge in [-0.05, 0) is 31.0 Å². The van der Waals surface area contributed by atoms with Crippen LogP contribution in [0.3, 0.4) is 0 Å². The molecule has 0 fully saturated rings. The van der Waals surface area contributed by atoms with E-state index in [-0.39, 0.29) is 18.2 Å². The van der Waals surface area contributed by atoms with Gasteiger partial charge < -0.3 is 10.4 Å². The van der Waals surface area contributed by atoms with Gasteiger partial charge in [0.1, 0.15) is 0 Å². The average molecular weight is 286 g/mol. The summed E-state index contributed by atoms with van der Waals surface area (Å²) in [5.41, 5.74) is 1.43. The van der Waals surface area contributed by atoms with Gasteiger partial charge in [0, 0.05) is 18.2 Å². The van der Waals surface area contributed by atoms with Crippen LogP contribution in [0.25, 0.3) is 0 Å². The lowest BCUT2D eigenvalue weighted by atomic mass is 10.1. The van der Waals surface area contributed by atoms with Gasteiger partial charge >= 0.3 is 5.97 Å². The van der Waals surface area contributed by atoms with Gasteiger partial charge in [-0.25, -0.2) is 13.6 Å². The van der Waals surface area contributed by atoms with Crippen molar-refractivity contribution in [3.63, 3.8) is 0 Å². The summed E-state index contributed by atoms with van der Waals surface area (Å²) in [4.78, 5) is 10.4. The minimum atomic E-state index is -3.52. The van der Waals surface area contributed by atoms with Gasteiger partial charge in [0.15, 0.2) is 0 Å². The summed E-state index contributed by atoms with van der Waals surface area (Å²) in [5.74, 6) is -1.01. The Hall–Kier alpha value is -1.60. The van der Waals surface area contributed by atoms with Gasteiger partial charge in [0.2, 0.25) is 10.0 Å². The number of aliphatic carboxylic acids is 1. The van der Waals surface area contributed by atoms with Crippen molar-refractivity contribution in [3.05, 3.63) is 29.8 Å². The molecule has 0 heterocycles. The molecule has 1 aromatic rings. The summed E-state index contributed by atoms with van der Waals surface area (Å²) < 4.78 is 21.8. The molecule has 1 unspecified atom stereocenters. The van der Waals surface area contributed by atoms with Crippen LogP contribution in [0.15, 0.2) is 24.3 Å². The van der Waals surface area contributed by atoms with Gasteiger partial charge in [0.05, 0.1) is 5.75 Å². The van der Waals surface area contributed by atoms with Gasteiger partial charge in [-0.3, -0.25) is 4.79 Å². The summed E-state index contributed by atoms with van der Waals surface area (Å²) >= 11 is 0. The molecule has 4 N–H and O–H groups in total. The van der Waals surface area contributed by atoms with E-state index >= 15 is 0 Å². The molecule has 0 aliphatic rings. The monoisotopic (exact) mass is 286 g/mol. The van der Waals surface area contributed by atoms with Crippen molar-refractivity contribution in [1.29, 1.82) is 0 Å². The lowest BCUT2D eigenvalue weighted by Gasteiger charge is -2.14. The first-order chi connectivity index (χ1) is 8.76. The average Bonchev–Trinajstić information content (AvgIpc) is 2.27. The van der Waals surface area contributed by atoms with Crippen molar-refractivity contribution in [1.82, 2.24) is 0 Å². The van der Waals surface area contributed by atoms with Crippen LogP contribution >= 0.6 is 0 Å². The van der Waals surface area contributed by atoms with Crippen molar-refractivity contribution in [2.45, 2.75) is 31.6 Å². The van der Waals surface area contributed by atoms with Gasteiger partial charge in [0.25, 0.3) is 0 Å². The topological polar surface area (TPSA) is 109 Å². The molecule has 6 nitrogen and oxygen atoms in total. The first kappa shape index (κ1) is 15.5. The van der Waals surface area contributed by atoms with E-state index in [2.05, 4.69) is 5.32 Å². The molecule has 106 valence electrons. The zero-order chi connectivity index (χ0) is 14.5. The first-order valence-corrected chi connectivity index (χ1v) is 7.55. The number of carbonyl (C=O) groups is 1. The number of anilines is 1. The molecule has 7 heteroatoms. The fourth-order valence-corrected chi connectivity index (χ4v) is 2.28. The number of carboxylic acids is 1. The number of primary sulfonamides is 1. The van der Waals surface area contributed by atoms with Crippen molar-refractivity contribution in [3.8, 4) is 0 Å². The van der Waals surface area contributed by atoms with Gasteiger partial charge in [-0.1, -0.05) is 12.1 Å². The molecule has 0 radical (unpaired) electrons. The Morgan fingerprint density at radius 1 is 1.37 bits per heavy atom. The highest BCUT2D eigenvalue weighted by Gasteiger charge is 2.07. The molecule has 0 bridgehead atoms. The number of benzene rings is 1. The van der Waals surface area contributed by atoms with Crippen LogP contribution in [0.2, 0.25) is 0 Å². The van der Waals surface area contributed by atoms with Crippen LogP contribution in [-0.2, 0) is 20.6 Å². The third kappa shape index (κ3) is 6.78. The summed E-state index contributed by atoms with van der Waals surface area (Å²) in [6.07, 6.45) is 0.631. The predicted molar refractivity (Wildman–Crippen MR) is 73.2 cm³/mol. The molecule has 19 heavy (non-hydrogen) atoms. The second-order valence-electron chi connectivity index (χ2n) is 4.48. The fourth-order valence-electron chi connectivity index (χ4n) is 1.63. The quantitative estimate of drug-likeness (QED) is 0.696. The highest BCUT2D eigenvalue weighted by atomic mass is 32.2. The molecule has 0 saturated carbocycles. The standard InChI is InChI=1S/C12H18N2O4S/c1-9(2-7-12(15)16)14-11-5-3-10(4-6-11)8-19(13,17)18/h3-6,9,14H,2,7-8H2,1H3,(H,15,16)(H2,13,17,18). The molecular weight excluding hydrogens is 268 g/mol. The van der Waals surface area contributed by atoms with E-state index in [1.807, 2.05) is 6.92 Å². The molecule has 0 spiro atoms. The van der Waals surface area contributed by atoms with Crippen LogP contribution in [0.4, 0.5) is 5.69 Å². The molecule has 1 atom stereocenters. The maximum atomic E-state index is 10.9. The second-order valence-corrected chi connectivity index (χ2v) is 6.10. The van der Waals surface area contributed by atoms with Crippen molar-refractivity contribution >= 4 is 21.7 Å². The number of nitrogens with one attached hydrogen (secondary N) is 1. The van der Waals surface area contributed by atoms with E-state index in [9.17, 15) is 13.2 Å². The Morgan fingerprint density at radius 2 is 1.95 bits per heavy atom. The van der Waals surface area contributed by atoms with Crippen LogP contribution < -0.4 is 10.5 Å². The molecule has 1 rings (SSSR count). The number of sulfonamides is 1. The van der Waals surface area contributed by atoms with Gasteiger partial charge in [-0.15, -0.1) is 0 Å². The van der Waals surface area contributed by atoms with E-state index in [1.165, 1.54) is 0 Å². The Morgan fingerprint density at radius 3 is 2.42 bits per heavy atom. The fraction of sp³-hybridized carbons (Fsp3) is 0.417. The summed E-state index contributed by atoms with van der Waals surface area (Å²) in [5, 5.41) is 16.7. The van der Waals surface area contributed by atoms with E-state index in [4.69, 9.17) is 10.2 Å². The van der Waals surface area contributed by atoms with E-state index in [0.29, 0.717) is 12.0 Å². The molecule has 1 aromatic carbocycles. The highest BCUT2D eigenvalue weighted by molar-refractivity contribution is 7.88. The van der Waals surface area contributed by atoms with Crippen LogP contribution in [0.5, 0.6) is 0 Å². The van der Waals surface area contributed by atoms with Crippen molar-refractivity contribution in [2.75, 3.05) is 5.32 Å². The minimum absolute atomic E-state index is 0.0280. The SMILES string of the molecule is CC(CCC(=O)O)Nc1ccc(CS(N)(=O)=O)cc1. The minimum Gasteiger partial charge on any atom is -0.481 e. The first-order valence-electron chi connectivity index (χ1n) is 5.84. The zero-order valence-electron chi connectivity index (χ0n) is 10.7. The largest absolute Gasteiger partial charge is 0.481 e. The molecule has 0 amide bonds. The third-order valence-corrected chi connectivity index (χ3v) is 3.26. The van der Waals surface area contributed by atoms with Crippen molar-refractivity contribution < 1.29 is 18.3 Å². The van der Waals surface area contributed by atoms with Crippen LogP contribution in [0, 0.1) is 0 Å². The maximum absolute atomic E-state index is 10.9. The van der Waals surface area contributed by atoms with Crippen molar-refractivity contribution in [2.24, 2.45) is 5.14 Å². The Kier molecular flexibility index (Phi) is 5.31. The summed E-state index contributed by atoms with van der Waals surface area (Å²) in [6.45, 7) is 1.89. The zero-order valence-corrected chi connectivity index (χ0v) is 11.5. The summed E-state index contributed by atoms with van der Waals surface area (Å²) in [6, 6.07) is 6.88. The molecule has 0 aromatic heterocycles. The lowest BCUT2D eigenvalue weighted by Crippen LogP contribution is -2.17. The Bertz CT molecular complexity index is 525. The molecule has 0 aliphatic carbocycles. The maximum Gasteiger partial charge on any atom is 0.303 e. The number of hydrogen-bond acceptors (Lipinski definition) is 4. The Labute approximate surface area is 112 Å². The molecule has 0 aliphatic heterocycles. The highest BCUT2D eigenvalue weighted by Crippen LogP contribution is 2.13. The van der Waals surface area contributed by atoms with E-state index in [0.717, 1.165) is 5.69 Å². The predicted octanol–water partition coefficient (Wildman–Crippen LogP) is 1.14. The smallest absolute Gasteiger partial charge is 0.303 e. The summed E-state index contributed by atoms with van der Waals surface area (Å²) in [7, 11) is -3.52. The van der Waals surface area contributed by atoms with Gasteiger partial charge in [-0.2, -0.15) is 0 Å². The second kappa shape index (κ2) is 6.53. The molecule has 0 saturated heterocycles. The van der Waals surface area contributed by atoms with E-state index in [1.54, 1.807) is 24.3 Å². The Balaban J connectivity index is 2.54. The number of hydrogen-bond donors (Lipinski definition) is 3. The number of nitrogens with two attached hydrogens (primary N) is 1. The molecular formula is C12H18N2O4S.